The maximum absolute atomic E-state index is 12.5. The van der Waals surface area contributed by atoms with E-state index in [1.165, 1.54) is 0 Å². The van der Waals surface area contributed by atoms with Gasteiger partial charge in [0.25, 0.3) is 10.1 Å². The number of hydrogen-bond donors (Lipinski definition) is 1. The Hall–Kier alpha value is -2.17. The summed E-state index contributed by atoms with van der Waals surface area (Å²) in [7, 11) is -2.43. The van der Waals surface area contributed by atoms with Crippen molar-refractivity contribution in [2.24, 2.45) is 0 Å². The molecule has 2 bridgehead atoms. The van der Waals surface area contributed by atoms with E-state index in [2.05, 4.69) is 0 Å². The number of aliphatic hydroxyl groups excluding tert-OH is 1. The third kappa shape index (κ3) is 4.54. The Bertz CT molecular complexity index is 915. The molecule has 2 heterocycles. The van der Waals surface area contributed by atoms with Gasteiger partial charge in [-0.1, -0.05) is 30.3 Å². The first-order chi connectivity index (χ1) is 13.9. The standard InChI is InChI=1S/C20H22O8S/c1-24-14-7-9-15(10-8-14)26-18-16-11-25-20(27-16)19(17(18)21)28-29(22,23)12-13-5-3-2-4-6-13/h2-10,16-21H,11-12H2,1H3/t16-,17+,18-,19-,20-/m1/s1. The highest BCUT2D eigenvalue weighted by Gasteiger charge is 2.53. The molecule has 29 heavy (non-hydrogen) atoms. The van der Waals surface area contributed by atoms with Gasteiger partial charge in [-0.15, -0.1) is 0 Å². The predicted molar refractivity (Wildman–Crippen MR) is 102 cm³/mol. The Morgan fingerprint density at radius 1 is 1.03 bits per heavy atom. The van der Waals surface area contributed by atoms with Gasteiger partial charge in [-0.25, -0.2) is 0 Å². The number of fused-ring (bicyclic) bond motifs is 2. The molecule has 5 atom stereocenters. The highest BCUT2D eigenvalue weighted by molar-refractivity contribution is 7.85. The van der Waals surface area contributed by atoms with Crippen molar-refractivity contribution >= 4 is 10.1 Å². The summed E-state index contributed by atoms with van der Waals surface area (Å²) in [6.45, 7) is 0.168. The van der Waals surface area contributed by atoms with Crippen molar-refractivity contribution in [2.45, 2.75) is 36.5 Å². The van der Waals surface area contributed by atoms with Gasteiger partial charge in [-0.05, 0) is 29.8 Å². The first-order valence-electron chi connectivity index (χ1n) is 9.16. The molecule has 0 unspecified atom stereocenters. The molecule has 4 rings (SSSR count). The van der Waals surface area contributed by atoms with Crippen LogP contribution in [-0.2, 0) is 29.5 Å². The van der Waals surface area contributed by atoms with Gasteiger partial charge in [0, 0.05) is 0 Å². The number of rotatable bonds is 7. The van der Waals surface area contributed by atoms with E-state index >= 15 is 0 Å². The van der Waals surface area contributed by atoms with Gasteiger partial charge in [0.2, 0.25) is 0 Å². The van der Waals surface area contributed by atoms with Gasteiger partial charge in [0.15, 0.2) is 18.5 Å². The third-order valence-electron chi connectivity index (χ3n) is 4.82. The van der Waals surface area contributed by atoms with E-state index in [-0.39, 0.29) is 12.4 Å². The first kappa shape index (κ1) is 20.1. The first-order valence-corrected chi connectivity index (χ1v) is 10.7. The summed E-state index contributed by atoms with van der Waals surface area (Å²) in [6.07, 6.45) is -4.84. The predicted octanol–water partition coefficient (Wildman–Crippen LogP) is 1.47. The zero-order chi connectivity index (χ0) is 20.4. The Balaban J connectivity index is 1.48. The fourth-order valence-corrected chi connectivity index (χ4v) is 4.61. The average molecular weight is 422 g/mol. The topological polar surface area (TPSA) is 101 Å². The minimum Gasteiger partial charge on any atom is -0.497 e. The summed E-state index contributed by atoms with van der Waals surface area (Å²) < 4.78 is 52.5. The molecule has 156 valence electrons. The molecule has 0 aromatic heterocycles. The quantitative estimate of drug-likeness (QED) is 0.670. The largest absolute Gasteiger partial charge is 0.497 e. The van der Waals surface area contributed by atoms with Crippen molar-refractivity contribution in [3.8, 4) is 11.5 Å². The van der Waals surface area contributed by atoms with Crippen molar-refractivity contribution in [1.82, 2.24) is 0 Å². The normalized spacial score (nSPS) is 28.8. The van der Waals surface area contributed by atoms with E-state index in [0.717, 1.165) is 0 Å². The molecule has 2 fully saturated rings. The van der Waals surface area contributed by atoms with Crippen LogP contribution >= 0.6 is 0 Å². The molecule has 8 nitrogen and oxygen atoms in total. The second-order valence-corrected chi connectivity index (χ2v) is 8.47. The van der Waals surface area contributed by atoms with Crippen LogP contribution < -0.4 is 9.47 Å². The molecule has 2 aliphatic rings. The summed E-state index contributed by atoms with van der Waals surface area (Å²) in [5, 5.41) is 10.8. The molecular weight excluding hydrogens is 400 g/mol. The second-order valence-electron chi connectivity index (χ2n) is 6.87. The van der Waals surface area contributed by atoms with Crippen molar-refractivity contribution < 1.29 is 36.7 Å². The van der Waals surface area contributed by atoms with Gasteiger partial charge >= 0.3 is 0 Å². The van der Waals surface area contributed by atoms with Crippen molar-refractivity contribution in [3.63, 3.8) is 0 Å². The number of benzene rings is 2. The fourth-order valence-electron chi connectivity index (χ4n) is 3.39. The van der Waals surface area contributed by atoms with Gasteiger partial charge in [-0.2, -0.15) is 8.42 Å². The molecule has 0 spiro atoms. The summed E-state index contributed by atoms with van der Waals surface area (Å²) in [5.41, 5.74) is 0.579. The van der Waals surface area contributed by atoms with Gasteiger partial charge in [-0.3, -0.25) is 4.18 Å². The highest BCUT2D eigenvalue weighted by atomic mass is 32.2. The summed E-state index contributed by atoms with van der Waals surface area (Å²) in [4.78, 5) is 0. The van der Waals surface area contributed by atoms with E-state index in [0.29, 0.717) is 17.1 Å². The lowest BCUT2D eigenvalue weighted by molar-refractivity contribution is -0.214. The number of methoxy groups -OCH3 is 1. The second kappa shape index (κ2) is 8.29. The van der Waals surface area contributed by atoms with Crippen LogP contribution in [0.1, 0.15) is 5.56 Å². The molecule has 1 N–H and O–H groups in total. The molecule has 2 aromatic carbocycles. The number of hydrogen-bond acceptors (Lipinski definition) is 8. The zero-order valence-corrected chi connectivity index (χ0v) is 16.5. The van der Waals surface area contributed by atoms with Crippen LogP contribution in [0.5, 0.6) is 11.5 Å². The van der Waals surface area contributed by atoms with E-state index in [1.54, 1.807) is 61.7 Å². The Labute approximate surface area is 169 Å². The molecule has 9 heteroatoms. The average Bonchev–Trinajstić information content (AvgIpc) is 3.16. The minimum absolute atomic E-state index is 0.168. The van der Waals surface area contributed by atoms with Crippen LogP contribution in [0.25, 0.3) is 0 Å². The van der Waals surface area contributed by atoms with Crippen LogP contribution in [0.2, 0.25) is 0 Å². The molecule has 2 aliphatic heterocycles. The van der Waals surface area contributed by atoms with Crippen molar-refractivity contribution in [1.29, 1.82) is 0 Å². The maximum atomic E-state index is 12.5. The zero-order valence-electron chi connectivity index (χ0n) is 15.7. The van der Waals surface area contributed by atoms with Gasteiger partial charge in [0.05, 0.1) is 13.7 Å². The number of aliphatic hydroxyl groups is 1. The lowest BCUT2D eigenvalue weighted by Crippen LogP contribution is -2.57. The Morgan fingerprint density at radius 2 is 1.72 bits per heavy atom. The van der Waals surface area contributed by atoms with E-state index in [9.17, 15) is 13.5 Å². The molecule has 2 saturated heterocycles. The molecule has 0 amide bonds. The highest BCUT2D eigenvalue weighted by Crippen LogP contribution is 2.34. The minimum atomic E-state index is -3.99. The van der Waals surface area contributed by atoms with Crippen LogP contribution in [0.15, 0.2) is 54.6 Å². The Morgan fingerprint density at radius 3 is 2.41 bits per heavy atom. The van der Waals surface area contributed by atoms with E-state index < -0.39 is 40.8 Å². The summed E-state index contributed by atoms with van der Waals surface area (Å²) >= 11 is 0. The summed E-state index contributed by atoms with van der Waals surface area (Å²) in [5.74, 6) is 0.821. The SMILES string of the molecule is COc1ccc(O[C@H]2[C@H](O)[C@@H](OS(=O)(=O)Cc3ccccc3)[C@@H]3OC[C@H]2O3)cc1. The van der Waals surface area contributed by atoms with Gasteiger partial charge < -0.3 is 24.1 Å². The molecular formula is C20H22O8S. The summed E-state index contributed by atoms with van der Waals surface area (Å²) in [6, 6.07) is 15.5. The van der Waals surface area contributed by atoms with Crippen LogP contribution in [0.4, 0.5) is 0 Å². The van der Waals surface area contributed by atoms with E-state index in [4.69, 9.17) is 23.1 Å². The maximum Gasteiger partial charge on any atom is 0.272 e. The van der Waals surface area contributed by atoms with E-state index in [1.807, 2.05) is 0 Å². The molecule has 0 radical (unpaired) electrons. The van der Waals surface area contributed by atoms with Crippen LogP contribution in [0, 0.1) is 0 Å². The lowest BCUT2D eigenvalue weighted by Gasteiger charge is -2.37. The van der Waals surface area contributed by atoms with Crippen LogP contribution in [-0.4, -0.2) is 57.9 Å². The molecule has 2 aromatic rings. The van der Waals surface area contributed by atoms with Crippen LogP contribution in [0.3, 0.4) is 0 Å². The number of ether oxygens (including phenoxy) is 4. The Kier molecular flexibility index (Phi) is 5.75. The fraction of sp³-hybridized carbons (Fsp3) is 0.400. The monoisotopic (exact) mass is 422 g/mol. The third-order valence-corrected chi connectivity index (χ3v) is 6.02. The molecule has 0 aliphatic carbocycles. The van der Waals surface area contributed by atoms with Crippen molar-refractivity contribution in [2.75, 3.05) is 13.7 Å². The lowest BCUT2D eigenvalue weighted by atomic mass is 10.0. The van der Waals surface area contributed by atoms with Crippen molar-refractivity contribution in [3.05, 3.63) is 60.2 Å². The molecule has 0 saturated carbocycles. The van der Waals surface area contributed by atoms with Gasteiger partial charge in [0.1, 0.15) is 29.5 Å². The smallest absolute Gasteiger partial charge is 0.272 e.